The van der Waals surface area contributed by atoms with Gasteiger partial charge >= 0.3 is 0 Å². The number of nitrogens with zero attached hydrogens (tertiary/aromatic N) is 2. The van der Waals surface area contributed by atoms with Crippen molar-refractivity contribution >= 4 is 5.91 Å². The van der Waals surface area contributed by atoms with Crippen LogP contribution in [0.15, 0.2) is 0 Å². The Kier molecular flexibility index (Phi) is 3.26. The Hall–Kier alpha value is -0.610. The van der Waals surface area contributed by atoms with Gasteiger partial charge in [-0.1, -0.05) is 0 Å². The molecule has 0 saturated carbocycles. The molecule has 0 aromatic heterocycles. The highest BCUT2D eigenvalue weighted by atomic mass is 16.2. The minimum atomic E-state index is 0.0503. The molecule has 1 amide bonds. The minimum absolute atomic E-state index is 0.0503. The van der Waals surface area contributed by atoms with Gasteiger partial charge in [0.25, 0.3) is 0 Å². The van der Waals surface area contributed by atoms with E-state index in [1.807, 2.05) is 18.7 Å². The molecule has 0 radical (unpaired) electrons. The van der Waals surface area contributed by atoms with Crippen molar-refractivity contribution in [2.75, 3.05) is 26.2 Å². The zero-order valence-corrected chi connectivity index (χ0v) is 9.70. The lowest BCUT2D eigenvalue weighted by Gasteiger charge is -2.41. The molecule has 2 aliphatic heterocycles. The summed E-state index contributed by atoms with van der Waals surface area (Å²) in [6.07, 6.45) is 2.85. The third-order valence-electron chi connectivity index (χ3n) is 3.61. The van der Waals surface area contributed by atoms with Crippen LogP contribution >= 0.6 is 0 Å². The Morgan fingerprint density at radius 2 is 2.27 bits per heavy atom. The first-order chi connectivity index (χ1) is 7.24. The maximum absolute atomic E-state index is 12.0. The van der Waals surface area contributed by atoms with E-state index in [-0.39, 0.29) is 11.9 Å². The first kappa shape index (κ1) is 10.9. The summed E-state index contributed by atoms with van der Waals surface area (Å²) in [7, 11) is 0. The molecule has 0 spiro atoms. The van der Waals surface area contributed by atoms with Gasteiger partial charge in [0, 0.05) is 19.6 Å². The van der Waals surface area contributed by atoms with Crippen molar-refractivity contribution in [3.8, 4) is 0 Å². The topological polar surface area (TPSA) is 35.6 Å². The van der Waals surface area contributed by atoms with E-state index in [1.54, 1.807) is 0 Å². The van der Waals surface area contributed by atoms with Gasteiger partial charge in [-0.05, 0) is 33.2 Å². The number of carbonyl (C=O) groups excluding carboxylic acids is 1. The van der Waals surface area contributed by atoms with E-state index in [9.17, 15) is 4.79 Å². The molecule has 0 aromatic rings. The first-order valence-electron chi connectivity index (χ1n) is 6.02. The molecule has 2 fully saturated rings. The summed E-state index contributed by atoms with van der Waals surface area (Å²) in [5.74, 6) is 0.289. The molecule has 2 unspecified atom stereocenters. The van der Waals surface area contributed by atoms with E-state index < -0.39 is 0 Å². The van der Waals surface area contributed by atoms with Crippen molar-refractivity contribution in [1.82, 2.24) is 15.1 Å². The van der Waals surface area contributed by atoms with Crippen molar-refractivity contribution < 1.29 is 4.79 Å². The molecule has 0 bridgehead atoms. The summed E-state index contributed by atoms with van der Waals surface area (Å²) in [4.78, 5) is 16.3. The van der Waals surface area contributed by atoms with Gasteiger partial charge in [0.1, 0.15) is 0 Å². The SMILES string of the molecule is CCN1CCN(C2CCCN2)C(C)C1=O. The number of rotatable bonds is 2. The molecule has 2 rings (SSSR count). The van der Waals surface area contributed by atoms with E-state index in [0.717, 1.165) is 26.2 Å². The van der Waals surface area contributed by atoms with Gasteiger partial charge in [0.2, 0.25) is 5.91 Å². The van der Waals surface area contributed by atoms with Crippen LogP contribution in [0.4, 0.5) is 0 Å². The summed E-state index contributed by atoms with van der Waals surface area (Å²) in [5.41, 5.74) is 0. The largest absolute Gasteiger partial charge is 0.340 e. The van der Waals surface area contributed by atoms with Crippen molar-refractivity contribution in [3.05, 3.63) is 0 Å². The second kappa shape index (κ2) is 4.49. The molecule has 2 heterocycles. The van der Waals surface area contributed by atoms with Crippen molar-refractivity contribution in [3.63, 3.8) is 0 Å². The fraction of sp³-hybridized carbons (Fsp3) is 0.909. The molecule has 0 aromatic carbocycles. The van der Waals surface area contributed by atoms with Crippen LogP contribution in [0.2, 0.25) is 0 Å². The number of likely N-dealkylation sites (N-methyl/N-ethyl adjacent to an activating group) is 1. The van der Waals surface area contributed by atoms with E-state index in [1.165, 1.54) is 12.8 Å². The van der Waals surface area contributed by atoms with E-state index >= 15 is 0 Å². The highest BCUT2D eigenvalue weighted by Crippen LogP contribution is 2.18. The van der Waals surface area contributed by atoms with Gasteiger partial charge < -0.3 is 10.2 Å². The summed E-state index contributed by atoms with van der Waals surface area (Å²) < 4.78 is 0. The Balaban J connectivity index is 2.00. The normalized spacial score (nSPS) is 33.7. The third-order valence-corrected chi connectivity index (χ3v) is 3.61. The highest BCUT2D eigenvalue weighted by Gasteiger charge is 2.35. The molecular weight excluding hydrogens is 190 g/mol. The quantitative estimate of drug-likeness (QED) is 0.711. The third kappa shape index (κ3) is 2.01. The molecular formula is C11H21N3O. The van der Waals surface area contributed by atoms with Crippen LogP contribution in [0.1, 0.15) is 26.7 Å². The van der Waals surface area contributed by atoms with Crippen LogP contribution in [0.5, 0.6) is 0 Å². The zero-order chi connectivity index (χ0) is 10.8. The predicted octanol–water partition coefficient (Wildman–Crippen LogP) is 0.248. The monoisotopic (exact) mass is 211 g/mol. The van der Waals surface area contributed by atoms with Crippen molar-refractivity contribution in [2.45, 2.75) is 38.9 Å². The molecule has 4 heteroatoms. The first-order valence-corrected chi connectivity index (χ1v) is 6.02. The number of carbonyl (C=O) groups is 1. The van der Waals surface area contributed by atoms with E-state index in [2.05, 4.69) is 10.2 Å². The number of piperazine rings is 1. The average Bonchev–Trinajstić information content (AvgIpc) is 2.75. The molecule has 1 N–H and O–H groups in total. The fourth-order valence-electron chi connectivity index (χ4n) is 2.64. The van der Waals surface area contributed by atoms with Gasteiger partial charge in [0.05, 0.1) is 12.2 Å². The fourth-order valence-corrected chi connectivity index (χ4v) is 2.64. The van der Waals surface area contributed by atoms with Crippen LogP contribution < -0.4 is 5.32 Å². The summed E-state index contributed by atoms with van der Waals surface area (Å²) in [6.45, 7) is 7.92. The maximum atomic E-state index is 12.0. The Morgan fingerprint density at radius 3 is 2.87 bits per heavy atom. The Labute approximate surface area is 91.6 Å². The van der Waals surface area contributed by atoms with Crippen LogP contribution in [-0.4, -0.2) is 54.1 Å². The van der Waals surface area contributed by atoms with Gasteiger partial charge in [-0.25, -0.2) is 0 Å². The van der Waals surface area contributed by atoms with E-state index in [0.29, 0.717) is 6.17 Å². The number of hydrogen-bond acceptors (Lipinski definition) is 3. The predicted molar refractivity (Wildman–Crippen MR) is 59.4 cm³/mol. The second-order valence-corrected chi connectivity index (χ2v) is 4.44. The van der Waals surface area contributed by atoms with Crippen molar-refractivity contribution in [1.29, 1.82) is 0 Å². The summed E-state index contributed by atoms with van der Waals surface area (Å²) in [6, 6.07) is 0.0503. The standard InChI is InChI=1S/C11H21N3O/c1-3-13-7-8-14(9(2)11(13)15)10-5-4-6-12-10/h9-10,12H,3-8H2,1-2H3. The maximum Gasteiger partial charge on any atom is 0.239 e. The Morgan fingerprint density at radius 1 is 1.47 bits per heavy atom. The van der Waals surface area contributed by atoms with Gasteiger partial charge in [-0.2, -0.15) is 0 Å². The van der Waals surface area contributed by atoms with Gasteiger partial charge in [0.15, 0.2) is 0 Å². The smallest absolute Gasteiger partial charge is 0.239 e. The lowest BCUT2D eigenvalue weighted by atomic mass is 10.1. The van der Waals surface area contributed by atoms with Crippen LogP contribution in [0.3, 0.4) is 0 Å². The van der Waals surface area contributed by atoms with Gasteiger partial charge in [-0.15, -0.1) is 0 Å². The highest BCUT2D eigenvalue weighted by molar-refractivity contribution is 5.82. The van der Waals surface area contributed by atoms with E-state index in [4.69, 9.17) is 0 Å². The molecule has 0 aliphatic carbocycles. The number of nitrogens with one attached hydrogen (secondary N) is 1. The summed E-state index contributed by atoms with van der Waals surface area (Å²) in [5, 5.41) is 3.47. The summed E-state index contributed by atoms with van der Waals surface area (Å²) >= 11 is 0. The van der Waals surface area contributed by atoms with Crippen LogP contribution in [0.25, 0.3) is 0 Å². The Bertz CT molecular complexity index is 238. The number of amides is 1. The van der Waals surface area contributed by atoms with Crippen LogP contribution in [0, 0.1) is 0 Å². The molecule has 2 saturated heterocycles. The molecule has 15 heavy (non-hydrogen) atoms. The lowest BCUT2D eigenvalue weighted by Crippen LogP contribution is -2.60. The van der Waals surface area contributed by atoms with Crippen LogP contribution in [-0.2, 0) is 4.79 Å². The van der Waals surface area contributed by atoms with Gasteiger partial charge in [-0.3, -0.25) is 9.69 Å². The lowest BCUT2D eigenvalue weighted by molar-refractivity contribution is -0.142. The minimum Gasteiger partial charge on any atom is -0.340 e. The number of hydrogen-bond donors (Lipinski definition) is 1. The van der Waals surface area contributed by atoms with Crippen molar-refractivity contribution in [2.24, 2.45) is 0 Å². The zero-order valence-electron chi connectivity index (χ0n) is 9.70. The molecule has 86 valence electrons. The molecule has 4 nitrogen and oxygen atoms in total. The second-order valence-electron chi connectivity index (χ2n) is 4.44. The molecule has 2 aliphatic rings. The molecule has 2 atom stereocenters. The average molecular weight is 211 g/mol.